The number of anilines is 1. The minimum atomic E-state index is -0.891. The third kappa shape index (κ3) is 3.46. The molecule has 8 heteroatoms. The zero-order chi connectivity index (χ0) is 20.1. The largest absolute Gasteiger partial charge is 0.339 e. The number of nitrogens with zero attached hydrogens (tertiary/aromatic N) is 2. The second-order valence-electron chi connectivity index (χ2n) is 8.31. The second kappa shape index (κ2) is 6.61. The Kier molecular flexibility index (Phi) is 4.36. The van der Waals surface area contributed by atoms with Gasteiger partial charge in [-0.3, -0.25) is 19.3 Å². The van der Waals surface area contributed by atoms with E-state index < -0.39 is 11.6 Å². The van der Waals surface area contributed by atoms with Gasteiger partial charge in [-0.2, -0.15) is 0 Å². The van der Waals surface area contributed by atoms with Crippen LogP contribution >= 0.6 is 0 Å². The molecule has 2 heterocycles. The Hall–Kier alpha value is -2.90. The Balaban J connectivity index is 1.35. The molecule has 4 rings (SSSR count). The number of hydrogen-bond donors (Lipinski definition) is 2. The van der Waals surface area contributed by atoms with Crippen molar-refractivity contribution in [1.29, 1.82) is 0 Å². The van der Waals surface area contributed by atoms with Crippen LogP contribution in [0.4, 0.5) is 10.5 Å². The van der Waals surface area contributed by atoms with Crippen LogP contribution in [0, 0.1) is 5.92 Å². The fourth-order valence-electron chi connectivity index (χ4n) is 3.73. The van der Waals surface area contributed by atoms with Crippen LogP contribution in [-0.4, -0.2) is 51.7 Å². The number of nitrogens with one attached hydrogen (secondary N) is 2. The van der Waals surface area contributed by atoms with Crippen LogP contribution < -0.4 is 10.6 Å². The van der Waals surface area contributed by atoms with E-state index in [2.05, 4.69) is 10.6 Å². The van der Waals surface area contributed by atoms with Crippen LogP contribution in [0.1, 0.15) is 38.7 Å². The van der Waals surface area contributed by atoms with E-state index in [1.54, 1.807) is 38.1 Å². The van der Waals surface area contributed by atoms with Crippen molar-refractivity contribution in [2.45, 2.75) is 51.2 Å². The van der Waals surface area contributed by atoms with Gasteiger partial charge in [0.25, 0.3) is 5.91 Å². The normalized spacial score (nSPS) is 23.9. The molecule has 8 nitrogen and oxygen atoms in total. The highest BCUT2D eigenvalue weighted by Crippen LogP contribution is 2.33. The number of urea groups is 1. The van der Waals surface area contributed by atoms with Crippen LogP contribution in [0.5, 0.6) is 0 Å². The predicted molar refractivity (Wildman–Crippen MR) is 101 cm³/mol. The summed E-state index contributed by atoms with van der Waals surface area (Å²) in [6.45, 7) is 4.01. The van der Waals surface area contributed by atoms with Crippen molar-refractivity contribution in [2.24, 2.45) is 5.92 Å². The van der Waals surface area contributed by atoms with E-state index in [1.165, 1.54) is 4.90 Å². The molecule has 0 spiro atoms. The van der Waals surface area contributed by atoms with Gasteiger partial charge in [-0.05, 0) is 44.4 Å². The SMILES string of the molecule is CC1(C)NC(=O)N(Cc2ccc(NC(=O)C3CC(=O)N(C4CC4)C3)cc2)C1=O. The van der Waals surface area contributed by atoms with Crippen molar-refractivity contribution in [3.8, 4) is 0 Å². The zero-order valence-corrected chi connectivity index (χ0v) is 16.0. The van der Waals surface area contributed by atoms with E-state index in [1.807, 2.05) is 4.90 Å². The molecule has 28 heavy (non-hydrogen) atoms. The lowest BCUT2D eigenvalue weighted by atomic mass is 10.1. The van der Waals surface area contributed by atoms with Crippen LogP contribution in [0.25, 0.3) is 0 Å². The quantitative estimate of drug-likeness (QED) is 0.751. The molecule has 3 fully saturated rings. The average Bonchev–Trinajstić information content (AvgIpc) is 3.37. The minimum Gasteiger partial charge on any atom is -0.339 e. The standard InChI is InChI=1S/C20H24N4O4/c1-20(2)18(27)24(19(28)22-20)10-12-3-5-14(6-4-12)21-17(26)13-9-16(25)23(11-13)15-7-8-15/h3-6,13,15H,7-11H2,1-2H3,(H,21,26)(H,22,28). The van der Waals surface area contributed by atoms with Crippen molar-refractivity contribution < 1.29 is 19.2 Å². The smallest absolute Gasteiger partial charge is 0.325 e. The summed E-state index contributed by atoms with van der Waals surface area (Å²) in [6.07, 6.45) is 2.34. The van der Waals surface area contributed by atoms with Gasteiger partial charge in [0.05, 0.1) is 12.5 Å². The van der Waals surface area contributed by atoms with E-state index in [0.29, 0.717) is 18.3 Å². The Morgan fingerprint density at radius 2 is 1.86 bits per heavy atom. The molecule has 148 valence electrons. The predicted octanol–water partition coefficient (Wildman–Crippen LogP) is 1.47. The highest BCUT2D eigenvalue weighted by molar-refractivity contribution is 6.06. The Morgan fingerprint density at radius 1 is 1.18 bits per heavy atom. The average molecular weight is 384 g/mol. The summed E-state index contributed by atoms with van der Waals surface area (Å²) in [5.41, 5.74) is 0.525. The summed E-state index contributed by atoms with van der Waals surface area (Å²) in [6, 6.07) is 6.97. The van der Waals surface area contributed by atoms with Gasteiger partial charge in [0, 0.05) is 24.7 Å². The Labute approximate surface area is 163 Å². The molecule has 0 bridgehead atoms. The first-order valence-corrected chi connectivity index (χ1v) is 9.58. The molecule has 2 N–H and O–H groups in total. The molecule has 1 aromatic rings. The maximum Gasteiger partial charge on any atom is 0.325 e. The lowest BCUT2D eigenvalue weighted by Crippen LogP contribution is -2.40. The molecule has 2 aliphatic heterocycles. The molecule has 0 radical (unpaired) electrons. The molecule has 5 amide bonds. The molecule has 1 unspecified atom stereocenters. The van der Waals surface area contributed by atoms with E-state index in [9.17, 15) is 19.2 Å². The summed E-state index contributed by atoms with van der Waals surface area (Å²) in [4.78, 5) is 51.7. The number of likely N-dealkylation sites (tertiary alicyclic amines) is 1. The van der Waals surface area contributed by atoms with E-state index in [-0.39, 0.29) is 36.6 Å². The van der Waals surface area contributed by atoms with Gasteiger partial charge in [-0.1, -0.05) is 12.1 Å². The minimum absolute atomic E-state index is 0.0643. The fraction of sp³-hybridized carbons (Fsp3) is 0.500. The molecule has 1 saturated carbocycles. The van der Waals surface area contributed by atoms with Gasteiger partial charge in [-0.15, -0.1) is 0 Å². The maximum atomic E-state index is 12.5. The number of benzene rings is 1. The maximum absolute atomic E-state index is 12.5. The van der Waals surface area contributed by atoms with Gasteiger partial charge in [0.15, 0.2) is 0 Å². The van der Waals surface area contributed by atoms with Crippen LogP contribution in [0.15, 0.2) is 24.3 Å². The molecule has 2 saturated heterocycles. The lowest BCUT2D eigenvalue weighted by Gasteiger charge is -2.16. The molecular weight excluding hydrogens is 360 g/mol. The number of carbonyl (C=O) groups excluding carboxylic acids is 4. The van der Waals surface area contributed by atoms with Gasteiger partial charge in [0.1, 0.15) is 5.54 Å². The van der Waals surface area contributed by atoms with Gasteiger partial charge in [-0.25, -0.2) is 4.79 Å². The van der Waals surface area contributed by atoms with Crippen LogP contribution in [0.3, 0.4) is 0 Å². The highest BCUT2D eigenvalue weighted by Gasteiger charge is 2.44. The number of rotatable bonds is 5. The van der Waals surface area contributed by atoms with Crippen LogP contribution in [0.2, 0.25) is 0 Å². The highest BCUT2D eigenvalue weighted by atomic mass is 16.2. The van der Waals surface area contributed by atoms with Crippen molar-refractivity contribution in [1.82, 2.24) is 15.1 Å². The van der Waals surface area contributed by atoms with E-state index in [4.69, 9.17) is 0 Å². The third-order valence-corrected chi connectivity index (χ3v) is 5.52. The van der Waals surface area contributed by atoms with Crippen molar-refractivity contribution in [3.05, 3.63) is 29.8 Å². The van der Waals surface area contributed by atoms with E-state index >= 15 is 0 Å². The second-order valence-corrected chi connectivity index (χ2v) is 8.31. The summed E-state index contributed by atoms with van der Waals surface area (Å²) < 4.78 is 0. The van der Waals surface area contributed by atoms with E-state index in [0.717, 1.165) is 18.4 Å². The molecule has 1 aliphatic carbocycles. The Morgan fingerprint density at radius 3 is 2.43 bits per heavy atom. The Bertz CT molecular complexity index is 844. The monoisotopic (exact) mass is 384 g/mol. The fourth-order valence-corrected chi connectivity index (χ4v) is 3.73. The van der Waals surface area contributed by atoms with Gasteiger partial charge < -0.3 is 15.5 Å². The summed E-state index contributed by atoms with van der Waals surface area (Å²) in [5.74, 6) is -0.670. The number of hydrogen-bond acceptors (Lipinski definition) is 4. The van der Waals surface area contributed by atoms with Crippen molar-refractivity contribution in [3.63, 3.8) is 0 Å². The number of imide groups is 1. The molecule has 3 aliphatic rings. The number of carbonyl (C=O) groups is 4. The van der Waals surface area contributed by atoms with Crippen molar-refractivity contribution >= 4 is 29.4 Å². The van der Waals surface area contributed by atoms with Gasteiger partial charge >= 0.3 is 6.03 Å². The third-order valence-electron chi connectivity index (χ3n) is 5.52. The first-order chi connectivity index (χ1) is 13.2. The first kappa shape index (κ1) is 18.5. The summed E-state index contributed by atoms with van der Waals surface area (Å²) in [5, 5.41) is 5.51. The molecule has 0 aromatic heterocycles. The summed E-state index contributed by atoms with van der Waals surface area (Å²) in [7, 11) is 0. The van der Waals surface area contributed by atoms with Gasteiger partial charge in [0.2, 0.25) is 11.8 Å². The molecular formula is C20H24N4O4. The lowest BCUT2D eigenvalue weighted by molar-refractivity contribution is -0.130. The number of amides is 5. The van der Waals surface area contributed by atoms with Crippen molar-refractivity contribution in [2.75, 3.05) is 11.9 Å². The molecule has 1 aromatic carbocycles. The first-order valence-electron chi connectivity index (χ1n) is 9.58. The van der Waals surface area contributed by atoms with Crippen LogP contribution in [-0.2, 0) is 20.9 Å². The summed E-state index contributed by atoms with van der Waals surface area (Å²) >= 11 is 0. The topological polar surface area (TPSA) is 98.8 Å². The molecule has 1 atom stereocenters. The zero-order valence-electron chi connectivity index (χ0n) is 16.0.